The number of piperazine rings is 1. The van der Waals surface area contributed by atoms with Crippen LogP contribution in [0.3, 0.4) is 0 Å². The highest BCUT2D eigenvalue weighted by Gasteiger charge is 2.19. The van der Waals surface area contributed by atoms with Crippen molar-refractivity contribution in [3.05, 3.63) is 53.6 Å². The minimum absolute atomic E-state index is 0.404. The number of nitrogens with one attached hydrogen (secondary N) is 1. The van der Waals surface area contributed by atoms with Gasteiger partial charge in [-0.05, 0) is 86.2 Å². The van der Waals surface area contributed by atoms with Crippen molar-refractivity contribution < 1.29 is 13.2 Å². The predicted octanol–water partition coefficient (Wildman–Crippen LogP) is 3.06. The first-order valence-corrected chi connectivity index (χ1v) is 12.8. The molecule has 7 heteroatoms. The van der Waals surface area contributed by atoms with Crippen LogP contribution < -0.4 is 14.4 Å². The summed E-state index contributed by atoms with van der Waals surface area (Å²) in [4.78, 5) is 5.20. The highest BCUT2D eigenvalue weighted by atomic mass is 32.2. The number of rotatable bonds is 8. The van der Waals surface area contributed by atoms with Gasteiger partial charge in [0.25, 0.3) is 0 Å². The summed E-state index contributed by atoms with van der Waals surface area (Å²) in [6, 6.07) is 13.8. The molecule has 1 saturated heterocycles. The number of nitrogens with zero attached hydrogens (tertiary/aromatic N) is 2. The van der Waals surface area contributed by atoms with Gasteiger partial charge in [-0.25, -0.2) is 13.1 Å². The van der Waals surface area contributed by atoms with Crippen molar-refractivity contribution in [3.8, 4) is 5.75 Å². The highest BCUT2D eigenvalue weighted by Crippen LogP contribution is 2.24. The lowest BCUT2D eigenvalue weighted by molar-refractivity contribution is 0.255. The van der Waals surface area contributed by atoms with Gasteiger partial charge in [0.05, 0.1) is 12.0 Å². The largest absolute Gasteiger partial charge is 0.497 e. The zero-order chi connectivity index (χ0) is 21.7. The molecule has 1 fully saturated rings. The van der Waals surface area contributed by atoms with E-state index in [2.05, 4.69) is 26.7 Å². The summed E-state index contributed by atoms with van der Waals surface area (Å²) in [6.07, 6.45) is 5.21. The first kappa shape index (κ1) is 22.1. The Balaban J connectivity index is 1.20. The van der Waals surface area contributed by atoms with Gasteiger partial charge < -0.3 is 9.64 Å². The zero-order valence-electron chi connectivity index (χ0n) is 18.3. The summed E-state index contributed by atoms with van der Waals surface area (Å²) in [6.45, 7) is 5.31. The second kappa shape index (κ2) is 10.0. The topological polar surface area (TPSA) is 61.9 Å². The van der Waals surface area contributed by atoms with Crippen LogP contribution in [-0.2, 0) is 22.9 Å². The molecule has 1 heterocycles. The van der Waals surface area contributed by atoms with Gasteiger partial charge in [0.15, 0.2) is 0 Å². The Bertz CT molecular complexity index is 968. The van der Waals surface area contributed by atoms with Crippen molar-refractivity contribution >= 4 is 15.7 Å². The summed E-state index contributed by atoms with van der Waals surface area (Å²) in [5.41, 5.74) is 3.72. The third kappa shape index (κ3) is 5.59. The molecule has 4 rings (SSSR count). The highest BCUT2D eigenvalue weighted by molar-refractivity contribution is 7.89. The van der Waals surface area contributed by atoms with Gasteiger partial charge in [-0.15, -0.1) is 0 Å². The van der Waals surface area contributed by atoms with Gasteiger partial charge in [0.1, 0.15) is 5.75 Å². The minimum Gasteiger partial charge on any atom is -0.497 e. The molecule has 0 aromatic heterocycles. The van der Waals surface area contributed by atoms with E-state index in [1.54, 1.807) is 13.2 Å². The summed E-state index contributed by atoms with van der Waals surface area (Å²) >= 11 is 0. The molecule has 0 unspecified atom stereocenters. The van der Waals surface area contributed by atoms with Crippen molar-refractivity contribution in [2.75, 3.05) is 51.3 Å². The van der Waals surface area contributed by atoms with Crippen molar-refractivity contribution in [2.45, 2.75) is 37.0 Å². The van der Waals surface area contributed by atoms with E-state index in [4.69, 9.17) is 4.74 Å². The van der Waals surface area contributed by atoms with E-state index in [1.165, 1.54) is 23.2 Å². The maximum absolute atomic E-state index is 12.7. The number of sulfonamides is 1. The molecule has 2 aliphatic rings. The molecule has 31 heavy (non-hydrogen) atoms. The Morgan fingerprint density at radius 2 is 1.65 bits per heavy atom. The van der Waals surface area contributed by atoms with Crippen LogP contribution in [0.15, 0.2) is 47.4 Å². The lowest BCUT2D eigenvalue weighted by Crippen LogP contribution is -2.47. The van der Waals surface area contributed by atoms with E-state index in [0.29, 0.717) is 11.4 Å². The molecule has 0 radical (unpaired) electrons. The van der Waals surface area contributed by atoms with Crippen LogP contribution in [0.5, 0.6) is 5.75 Å². The summed E-state index contributed by atoms with van der Waals surface area (Å²) < 4.78 is 33.4. The fourth-order valence-corrected chi connectivity index (χ4v) is 5.62. The van der Waals surface area contributed by atoms with Crippen LogP contribution >= 0.6 is 0 Å². The predicted molar refractivity (Wildman–Crippen MR) is 125 cm³/mol. The van der Waals surface area contributed by atoms with Crippen LogP contribution in [0.1, 0.15) is 30.4 Å². The molecule has 0 atom stereocenters. The molecule has 2 aromatic rings. The number of ether oxygens (including phenoxy) is 1. The molecule has 0 amide bonds. The van der Waals surface area contributed by atoms with Crippen LogP contribution in [-0.4, -0.2) is 59.7 Å². The maximum Gasteiger partial charge on any atom is 0.240 e. The Morgan fingerprint density at radius 3 is 2.35 bits per heavy atom. The van der Waals surface area contributed by atoms with Gasteiger partial charge >= 0.3 is 0 Å². The SMILES string of the molecule is COc1ccc(N2CCN(CCCNS(=O)(=O)c3ccc4c(c3)CCCC4)CC2)cc1. The van der Waals surface area contributed by atoms with Gasteiger partial charge in [0, 0.05) is 38.4 Å². The van der Waals surface area contributed by atoms with Gasteiger partial charge in [-0.3, -0.25) is 4.90 Å². The third-order valence-corrected chi connectivity index (χ3v) is 7.84. The van der Waals surface area contributed by atoms with E-state index >= 15 is 0 Å². The third-order valence-electron chi connectivity index (χ3n) is 6.38. The van der Waals surface area contributed by atoms with E-state index in [9.17, 15) is 8.42 Å². The molecular weight excluding hydrogens is 410 g/mol. The van der Waals surface area contributed by atoms with Crippen molar-refractivity contribution in [1.29, 1.82) is 0 Å². The number of hydrogen-bond acceptors (Lipinski definition) is 5. The Kier molecular flexibility index (Phi) is 7.15. The van der Waals surface area contributed by atoms with E-state index in [-0.39, 0.29) is 0 Å². The van der Waals surface area contributed by atoms with Gasteiger partial charge in [-0.2, -0.15) is 0 Å². The smallest absolute Gasteiger partial charge is 0.240 e. The van der Waals surface area contributed by atoms with Gasteiger partial charge in [0.2, 0.25) is 10.0 Å². The quantitative estimate of drug-likeness (QED) is 0.636. The molecule has 0 bridgehead atoms. The number of anilines is 1. The molecule has 1 N–H and O–H groups in total. The molecule has 0 saturated carbocycles. The summed E-state index contributed by atoms with van der Waals surface area (Å²) in [5, 5.41) is 0. The first-order valence-electron chi connectivity index (χ1n) is 11.3. The molecule has 0 spiro atoms. The normalized spacial score (nSPS) is 17.4. The van der Waals surface area contributed by atoms with Crippen molar-refractivity contribution in [3.63, 3.8) is 0 Å². The standard InChI is InChI=1S/C24H33N3O3S/c1-30-23-10-8-22(9-11-23)27-17-15-26(16-18-27)14-4-13-25-31(28,29)24-12-7-20-5-2-3-6-21(20)19-24/h7-12,19,25H,2-6,13-18H2,1H3. The Hall–Kier alpha value is -2.09. The number of benzene rings is 2. The first-order chi connectivity index (χ1) is 15.0. The second-order valence-electron chi connectivity index (χ2n) is 8.42. The molecule has 6 nitrogen and oxygen atoms in total. The average molecular weight is 444 g/mol. The van der Waals surface area contributed by atoms with E-state index < -0.39 is 10.0 Å². The molecule has 168 valence electrons. The van der Waals surface area contributed by atoms with Gasteiger partial charge in [-0.1, -0.05) is 6.07 Å². The van der Waals surface area contributed by atoms with Crippen LogP contribution in [0.2, 0.25) is 0 Å². The lowest BCUT2D eigenvalue weighted by Gasteiger charge is -2.36. The summed E-state index contributed by atoms with van der Waals surface area (Å²) in [5.74, 6) is 0.875. The second-order valence-corrected chi connectivity index (χ2v) is 10.2. The molecule has 2 aromatic carbocycles. The fraction of sp³-hybridized carbons (Fsp3) is 0.500. The average Bonchev–Trinajstić information content (AvgIpc) is 2.82. The number of methoxy groups -OCH3 is 1. The van der Waals surface area contributed by atoms with Crippen LogP contribution in [0.4, 0.5) is 5.69 Å². The number of aryl methyl sites for hydroxylation is 2. The zero-order valence-corrected chi connectivity index (χ0v) is 19.2. The Labute approximate surface area is 186 Å². The van der Waals surface area contributed by atoms with Crippen molar-refractivity contribution in [1.82, 2.24) is 9.62 Å². The number of fused-ring (bicyclic) bond motifs is 1. The monoisotopic (exact) mass is 443 g/mol. The maximum atomic E-state index is 12.7. The molecular formula is C24H33N3O3S. The van der Waals surface area contributed by atoms with E-state index in [0.717, 1.165) is 64.2 Å². The number of hydrogen-bond donors (Lipinski definition) is 1. The van der Waals surface area contributed by atoms with Crippen LogP contribution in [0.25, 0.3) is 0 Å². The fourth-order valence-electron chi connectivity index (χ4n) is 4.49. The summed E-state index contributed by atoms with van der Waals surface area (Å²) in [7, 11) is -1.75. The minimum atomic E-state index is -3.43. The molecule has 1 aliphatic carbocycles. The molecule has 1 aliphatic heterocycles. The van der Waals surface area contributed by atoms with Crippen molar-refractivity contribution in [2.24, 2.45) is 0 Å². The van der Waals surface area contributed by atoms with E-state index in [1.807, 2.05) is 24.3 Å². The lowest BCUT2D eigenvalue weighted by atomic mass is 9.92. The van der Waals surface area contributed by atoms with Crippen LogP contribution in [0, 0.1) is 0 Å². The Morgan fingerprint density at radius 1 is 0.935 bits per heavy atom.